The molecule has 0 amide bonds. The highest BCUT2D eigenvalue weighted by Gasteiger charge is 2.46. The first-order valence-electron chi connectivity index (χ1n) is 6.17. The zero-order valence-corrected chi connectivity index (χ0v) is 12.0. The molecular weight excluding hydrogens is 292 g/mol. The van der Waals surface area contributed by atoms with Gasteiger partial charge in [0.1, 0.15) is 5.75 Å². The van der Waals surface area contributed by atoms with Gasteiger partial charge in [-0.25, -0.2) is 4.79 Å². The minimum Gasteiger partial charge on any atom is -0.497 e. The molecule has 0 aliphatic rings. The third-order valence-corrected chi connectivity index (χ3v) is 3.68. The topological polar surface area (TPSA) is 63.6 Å². The van der Waals surface area contributed by atoms with Crippen molar-refractivity contribution in [3.63, 3.8) is 0 Å². The van der Waals surface area contributed by atoms with Crippen molar-refractivity contribution in [1.82, 2.24) is 0 Å². The van der Waals surface area contributed by atoms with Crippen molar-refractivity contribution in [1.29, 1.82) is 0 Å². The van der Waals surface area contributed by atoms with Gasteiger partial charge in [0, 0.05) is 5.56 Å². The van der Waals surface area contributed by atoms with Gasteiger partial charge in [0.2, 0.25) is 4.87 Å². The summed E-state index contributed by atoms with van der Waals surface area (Å²) in [6.07, 6.45) is 0. The van der Waals surface area contributed by atoms with Crippen LogP contribution in [0.15, 0.2) is 54.6 Å². The second kappa shape index (κ2) is 5.97. The second-order valence-corrected chi connectivity index (χ2v) is 4.95. The van der Waals surface area contributed by atoms with Crippen molar-refractivity contribution >= 4 is 23.4 Å². The maximum atomic E-state index is 12.5. The van der Waals surface area contributed by atoms with E-state index in [0.717, 1.165) is 0 Å². The number of carbonyl (C=O) groups excluding carboxylic acids is 1. The Morgan fingerprint density at radius 3 is 2.10 bits per heavy atom. The van der Waals surface area contributed by atoms with Crippen LogP contribution in [0.5, 0.6) is 5.75 Å². The molecule has 108 valence electrons. The molecule has 0 aromatic heterocycles. The molecule has 0 saturated carbocycles. The van der Waals surface area contributed by atoms with Gasteiger partial charge < -0.3 is 9.84 Å². The molecule has 0 bridgehead atoms. The zero-order valence-electron chi connectivity index (χ0n) is 11.2. The van der Waals surface area contributed by atoms with E-state index >= 15 is 0 Å². The zero-order chi connectivity index (χ0) is 15.5. The van der Waals surface area contributed by atoms with E-state index in [0.29, 0.717) is 5.75 Å². The van der Waals surface area contributed by atoms with Crippen LogP contribution in [0, 0.1) is 0 Å². The summed E-state index contributed by atoms with van der Waals surface area (Å²) < 4.78 is 5.01. The number of rotatable bonds is 5. The van der Waals surface area contributed by atoms with Crippen LogP contribution in [0.25, 0.3) is 0 Å². The Morgan fingerprint density at radius 2 is 1.62 bits per heavy atom. The van der Waals surface area contributed by atoms with E-state index in [9.17, 15) is 14.7 Å². The molecule has 0 heterocycles. The van der Waals surface area contributed by atoms with Crippen molar-refractivity contribution in [3.05, 3.63) is 65.7 Å². The number of carbonyl (C=O) groups is 2. The molecule has 0 aliphatic carbocycles. The summed E-state index contributed by atoms with van der Waals surface area (Å²) in [5.41, 5.74) is 0.428. The van der Waals surface area contributed by atoms with E-state index in [1.54, 1.807) is 30.3 Å². The van der Waals surface area contributed by atoms with Gasteiger partial charge in [0.25, 0.3) is 0 Å². The first kappa shape index (κ1) is 15.1. The number of aliphatic carboxylic acids is 1. The van der Waals surface area contributed by atoms with Gasteiger partial charge in [-0.2, -0.15) is 0 Å². The third kappa shape index (κ3) is 2.76. The van der Waals surface area contributed by atoms with Crippen LogP contribution in [0.3, 0.4) is 0 Å². The van der Waals surface area contributed by atoms with E-state index in [4.69, 9.17) is 16.3 Å². The molecule has 1 N–H and O–H groups in total. The number of hydrogen-bond acceptors (Lipinski definition) is 3. The van der Waals surface area contributed by atoms with E-state index in [1.807, 2.05) is 0 Å². The van der Waals surface area contributed by atoms with E-state index in [1.165, 1.54) is 31.4 Å². The van der Waals surface area contributed by atoms with Gasteiger partial charge in [-0.05, 0) is 17.7 Å². The molecule has 5 heteroatoms. The molecule has 0 radical (unpaired) electrons. The van der Waals surface area contributed by atoms with E-state index < -0.39 is 16.6 Å². The van der Waals surface area contributed by atoms with Crippen LogP contribution in [0.2, 0.25) is 0 Å². The van der Waals surface area contributed by atoms with E-state index in [-0.39, 0.29) is 11.1 Å². The van der Waals surface area contributed by atoms with E-state index in [2.05, 4.69) is 0 Å². The fourth-order valence-electron chi connectivity index (χ4n) is 1.96. The molecule has 4 nitrogen and oxygen atoms in total. The summed E-state index contributed by atoms with van der Waals surface area (Å²) in [6, 6.07) is 14.2. The maximum Gasteiger partial charge on any atom is 0.337 e. The highest BCUT2D eigenvalue weighted by Crippen LogP contribution is 2.34. The lowest BCUT2D eigenvalue weighted by molar-refractivity contribution is -0.139. The number of alkyl halides is 1. The fraction of sp³-hybridized carbons (Fsp3) is 0.125. The average molecular weight is 305 g/mol. The molecule has 0 fully saturated rings. The minimum atomic E-state index is -2.16. The predicted molar refractivity (Wildman–Crippen MR) is 78.9 cm³/mol. The Balaban J connectivity index is 2.49. The third-order valence-electron chi connectivity index (χ3n) is 3.13. The summed E-state index contributed by atoms with van der Waals surface area (Å²) in [5.74, 6) is -1.54. The summed E-state index contributed by atoms with van der Waals surface area (Å²) in [7, 11) is 1.50. The molecule has 1 unspecified atom stereocenters. The lowest BCUT2D eigenvalue weighted by Crippen LogP contribution is -2.38. The van der Waals surface area contributed by atoms with Crippen molar-refractivity contribution < 1.29 is 19.4 Å². The van der Waals surface area contributed by atoms with Crippen LogP contribution in [0.1, 0.15) is 15.9 Å². The number of ketones is 1. The summed E-state index contributed by atoms with van der Waals surface area (Å²) in [6.45, 7) is 0. The Bertz CT molecular complexity index is 652. The largest absolute Gasteiger partial charge is 0.497 e. The van der Waals surface area contributed by atoms with Gasteiger partial charge in [-0.3, -0.25) is 4.79 Å². The average Bonchev–Trinajstić information content (AvgIpc) is 2.54. The first-order valence-corrected chi connectivity index (χ1v) is 6.54. The Kier molecular flexibility index (Phi) is 4.29. The van der Waals surface area contributed by atoms with Gasteiger partial charge in [0.05, 0.1) is 7.11 Å². The number of carboxylic acids is 1. The number of benzene rings is 2. The molecule has 2 aromatic carbocycles. The number of ether oxygens (including phenoxy) is 1. The quantitative estimate of drug-likeness (QED) is 0.524. The normalized spacial score (nSPS) is 13.2. The molecule has 0 spiro atoms. The van der Waals surface area contributed by atoms with Crippen LogP contribution >= 0.6 is 11.6 Å². The van der Waals surface area contributed by atoms with Gasteiger partial charge in [-0.15, -0.1) is 0 Å². The van der Waals surface area contributed by atoms with Crippen molar-refractivity contribution in [3.8, 4) is 5.75 Å². The number of methoxy groups -OCH3 is 1. The number of halogens is 1. The molecule has 2 rings (SSSR count). The van der Waals surface area contributed by atoms with Crippen LogP contribution < -0.4 is 4.74 Å². The highest BCUT2D eigenvalue weighted by molar-refractivity contribution is 6.47. The Labute approximate surface area is 126 Å². The van der Waals surface area contributed by atoms with Gasteiger partial charge in [-0.1, -0.05) is 54.1 Å². The Hall–Kier alpha value is -2.33. The maximum absolute atomic E-state index is 12.5. The molecular formula is C16H13ClO4. The second-order valence-electron chi connectivity index (χ2n) is 4.39. The first-order chi connectivity index (χ1) is 10.00. The van der Waals surface area contributed by atoms with Crippen molar-refractivity contribution in [2.45, 2.75) is 4.87 Å². The van der Waals surface area contributed by atoms with Crippen molar-refractivity contribution in [2.24, 2.45) is 0 Å². The number of carboxylic acid groups (broad SMARTS) is 1. The minimum absolute atomic E-state index is 0.186. The summed E-state index contributed by atoms with van der Waals surface area (Å²) in [5, 5.41) is 9.46. The van der Waals surface area contributed by atoms with Gasteiger partial charge >= 0.3 is 5.97 Å². The standard InChI is InChI=1S/C16H13ClO4/c1-21-13-9-7-12(8-10-13)16(17,15(19)20)14(18)11-5-3-2-4-6-11/h2-10H,1H3,(H,19,20). The number of hydrogen-bond donors (Lipinski definition) is 1. The SMILES string of the molecule is COc1ccc(C(Cl)(C(=O)O)C(=O)c2ccccc2)cc1. The number of Topliss-reactive ketones (excluding diaryl/α,β-unsaturated/α-hetero) is 1. The van der Waals surface area contributed by atoms with Crippen LogP contribution in [-0.4, -0.2) is 24.0 Å². The molecule has 1 atom stereocenters. The van der Waals surface area contributed by atoms with Crippen LogP contribution in [-0.2, 0) is 9.67 Å². The van der Waals surface area contributed by atoms with Gasteiger partial charge in [0.15, 0.2) is 5.78 Å². The summed E-state index contributed by atoms with van der Waals surface area (Å²) in [4.78, 5) is 22.0. The fourth-order valence-corrected chi connectivity index (χ4v) is 2.20. The molecule has 0 aliphatic heterocycles. The predicted octanol–water partition coefficient (Wildman–Crippen LogP) is 3.10. The van der Waals surface area contributed by atoms with Crippen molar-refractivity contribution in [2.75, 3.05) is 7.11 Å². The molecule has 2 aromatic rings. The Morgan fingerprint density at radius 1 is 1.05 bits per heavy atom. The molecule has 0 saturated heterocycles. The highest BCUT2D eigenvalue weighted by atomic mass is 35.5. The monoisotopic (exact) mass is 304 g/mol. The lowest BCUT2D eigenvalue weighted by Gasteiger charge is -2.21. The summed E-state index contributed by atoms with van der Waals surface area (Å²) >= 11 is 6.19. The molecule has 21 heavy (non-hydrogen) atoms. The van der Waals surface area contributed by atoms with Crippen LogP contribution in [0.4, 0.5) is 0 Å². The smallest absolute Gasteiger partial charge is 0.337 e. The lowest BCUT2D eigenvalue weighted by atomic mass is 9.89.